The number of aromatic nitrogens is 1. The number of hydrogen-bond acceptors (Lipinski definition) is 4. The molecule has 1 aliphatic heterocycles. The molecule has 0 aromatic carbocycles. The first-order chi connectivity index (χ1) is 6.84. The molecule has 0 amide bonds. The minimum atomic E-state index is 0.726. The molecule has 1 atom stereocenters. The Balaban J connectivity index is 1.67. The fourth-order valence-electron chi connectivity index (χ4n) is 1.79. The Morgan fingerprint density at radius 1 is 1.71 bits per heavy atom. The highest BCUT2D eigenvalue weighted by molar-refractivity contribution is 7.13. The molecule has 3 nitrogen and oxygen atoms in total. The topological polar surface area (TPSA) is 37.0 Å². The summed E-state index contributed by atoms with van der Waals surface area (Å²) in [6, 6.07) is 0.726. The van der Waals surface area contributed by atoms with Gasteiger partial charge in [-0.05, 0) is 32.7 Å². The van der Waals surface area contributed by atoms with Gasteiger partial charge in [0.05, 0.1) is 5.69 Å². The minimum Gasteiger partial charge on any atom is -0.361 e. The lowest BCUT2D eigenvalue weighted by Gasteiger charge is -2.09. The van der Waals surface area contributed by atoms with Crippen LogP contribution in [0, 0.1) is 6.92 Å². The summed E-state index contributed by atoms with van der Waals surface area (Å²) in [5.41, 5.74) is 1.11. The molecule has 14 heavy (non-hydrogen) atoms. The molecule has 0 aliphatic carbocycles. The van der Waals surface area contributed by atoms with Crippen molar-refractivity contribution in [2.45, 2.75) is 32.2 Å². The fraction of sp³-hybridized carbons (Fsp3) is 0.700. The van der Waals surface area contributed by atoms with Crippen molar-refractivity contribution in [3.8, 4) is 0 Å². The number of aryl methyl sites for hydroxylation is 1. The summed E-state index contributed by atoms with van der Waals surface area (Å²) in [6.07, 6.45) is 3.87. The van der Waals surface area contributed by atoms with Crippen LogP contribution >= 0.6 is 11.3 Å². The van der Waals surface area contributed by atoms with Crippen molar-refractivity contribution in [2.75, 3.05) is 18.4 Å². The summed E-state index contributed by atoms with van der Waals surface area (Å²) in [4.78, 5) is 4.36. The molecule has 1 aromatic rings. The summed E-state index contributed by atoms with van der Waals surface area (Å²) >= 11 is 1.69. The number of thiazole rings is 1. The molecule has 78 valence electrons. The van der Waals surface area contributed by atoms with Crippen LogP contribution in [0.4, 0.5) is 5.13 Å². The number of rotatable bonds is 4. The minimum absolute atomic E-state index is 0.726. The maximum atomic E-state index is 4.36. The third kappa shape index (κ3) is 2.69. The van der Waals surface area contributed by atoms with Gasteiger partial charge in [-0.15, -0.1) is 11.3 Å². The van der Waals surface area contributed by atoms with E-state index in [1.807, 2.05) is 6.92 Å². The molecule has 0 bridgehead atoms. The molecule has 0 radical (unpaired) electrons. The molecular formula is C10H17N3S. The van der Waals surface area contributed by atoms with Gasteiger partial charge >= 0.3 is 0 Å². The van der Waals surface area contributed by atoms with Crippen LogP contribution < -0.4 is 10.6 Å². The molecule has 2 N–H and O–H groups in total. The van der Waals surface area contributed by atoms with E-state index in [9.17, 15) is 0 Å². The van der Waals surface area contributed by atoms with E-state index in [1.54, 1.807) is 11.3 Å². The lowest BCUT2D eigenvalue weighted by molar-refractivity contribution is 0.574. The van der Waals surface area contributed by atoms with E-state index in [2.05, 4.69) is 21.0 Å². The van der Waals surface area contributed by atoms with Crippen LogP contribution in [-0.4, -0.2) is 24.1 Å². The second-order valence-electron chi connectivity index (χ2n) is 3.80. The Morgan fingerprint density at radius 2 is 2.64 bits per heavy atom. The molecule has 1 fully saturated rings. The predicted octanol–water partition coefficient (Wildman–Crippen LogP) is 2.01. The van der Waals surface area contributed by atoms with Crippen LogP contribution in [0.5, 0.6) is 0 Å². The predicted molar refractivity (Wildman–Crippen MR) is 61.0 cm³/mol. The Morgan fingerprint density at radius 3 is 3.29 bits per heavy atom. The zero-order chi connectivity index (χ0) is 9.80. The number of nitrogens with zero attached hydrogens (tertiary/aromatic N) is 1. The zero-order valence-corrected chi connectivity index (χ0v) is 9.36. The first-order valence-electron chi connectivity index (χ1n) is 5.24. The van der Waals surface area contributed by atoms with Gasteiger partial charge in [-0.1, -0.05) is 0 Å². The highest BCUT2D eigenvalue weighted by Gasteiger charge is 2.12. The van der Waals surface area contributed by atoms with E-state index in [-0.39, 0.29) is 0 Å². The van der Waals surface area contributed by atoms with Crippen LogP contribution in [0.1, 0.15) is 25.0 Å². The highest BCUT2D eigenvalue weighted by atomic mass is 32.1. The highest BCUT2D eigenvalue weighted by Crippen LogP contribution is 2.15. The maximum Gasteiger partial charge on any atom is 0.182 e. The van der Waals surface area contributed by atoms with Gasteiger partial charge in [-0.2, -0.15) is 0 Å². The normalized spacial score (nSPS) is 21.4. The summed E-state index contributed by atoms with van der Waals surface area (Å²) in [7, 11) is 0. The maximum absolute atomic E-state index is 4.36. The van der Waals surface area contributed by atoms with Crippen molar-refractivity contribution < 1.29 is 0 Å². The van der Waals surface area contributed by atoms with E-state index in [1.165, 1.54) is 25.8 Å². The summed E-state index contributed by atoms with van der Waals surface area (Å²) in [5.74, 6) is 0. The van der Waals surface area contributed by atoms with Crippen LogP contribution in [0.2, 0.25) is 0 Å². The molecule has 0 spiro atoms. The molecule has 2 rings (SSSR count). The van der Waals surface area contributed by atoms with Crippen LogP contribution in [0.15, 0.2) is 5.38 Å². The standard InChI is InChI=1S/C10H17N3S/c1-8-7-14-10(13-8)12-6-4-9-3-2-5-11-9/h7,9,11H,2-6H2,1H3,(H,12,13)/t9-/m0/s1. The van der Waals surface area contributed by atoms with E-state index in [4.69, 9.17) is 0 Å². The van der Waals surface area contributed by atoms with Crippen LogP contribution in [-0.2, 0) is 0 Å². The Kier molecular flexibility index (Phi) is 3.37. The molecule has 4 heteroatoms. The molecule has 0 unspecified atom stereocenters. The average Bonchev–Trinajstić information content (AvgIpc) is 2.77. The van der Waals surface area contributed by atoms with Gasteiger partial charge in [0.2, 0.25) is 0 Å². The monoisotopic (exact) mass is 211 g/mol. The van der Waals surface area contributed by atoms with Crippen molar-refractivity contribution in [2.24, 2.45) is 0 Å². The fourth-order valence-corrected chi connectivity index (χ4v) is 2.51. The van der Waals surface area contributed by atoms with Gasteiger partial charge in [-0.3, -0.25) is 0 Å². The number of nitrogens with one attached hydrogen (secondary N) is 2. The largest absolute Gasteiger partial charge is 0.361 e. The third-order valence-corrected chi connectivity index (χ3v) is 3.47. The summed E-state index contributed by atoms with van der Waals surface area (Å²) in [5, 5.41) is 9.99. The van der Waals surface area contributed by atoms with Crippen LogP contribution in [0.3, 0.4) is 0 Å². The van der Waals surface area contributed by atoms with Crippen molar-refractivity contribution in [1.82, 2.24) is 10.3 Å². The molecule has 1 aromatic heterocycles. The van der Waals surface area contributed by atoms with E-state index < -0.39 is 0 Å². The summed E-state index contributed by atoms with van der Waals surface area (Å²) in [6.45, 7) is 4.26. The quantitative estimate of drug-likeness (QED) is 0.800. The van der Waals surface area contributed by atoms with Crippen molar-refractivity contribution in [3.63, 3.8) is 0 Å². The second-order valence-corrected chi connectivity index (χ2v) is 4.66. The molecular weight excluding hydrogens is 194 g/mol. The Labute approximate surface area is 88.9 Å². The van der Waals surface area contributed by atoms with Gasteiger partial charge in [0.15, 0.2) is 5.13 Å². The lowest BCUT2D eigenvalue weighted by Crippen LogP contribution is -2.24. The SMILES string of the molecule is Cc1csc(NCC[C@@H]2CCCN2)n1. The zero-order valence-electron chi connectivity index (χ0n) is 8.55. The van der Waals surface area contributed by atoms with Crippen molar-refractivity contribution >= 4 is 16.5 Å². The lowest BCUT2D eigenvalue weighted by atomic mass is 10.2. The van der Waals surface area contributed by atoms with Gasteiger partial charge < -0.3 is 10.6 Å². The van der Waals surface area contributed by atoms with Gasteiger partial charge in [0.1, 0.15) is 0 Å². The van der Waals surface area contributed by atoms with E-state index in [0.29, 0.717) is 0 Å². The van der Waals surface area contributed by atoms with E-state index in [0.717, 1.165) is 23.4 Å². The third-order valence-electron chi connectivity index (χ3n) is 2.55. The molecule has 1 aliphatic rings. The van der Waals surface area contributed by atoms with Crippen molar-refractivity contribution in [3.05, 3.63) is 11.1 Å². The van der Waals surface area contributed by atoms with Gasteiger partial charge in [0.25, 0.3) is 0 Å². The van der Waals surface area contributed by atoms with Crippen molar-refractivity contribution in [1.29, 1.82) is 0 Å². The Bertz CT molecular complexity index is 279. The number of hydrogen-bond donors (Lipinski definition) is 2. The summed E-state index contributed by atoms with van der Waals surface area (Å²) < 4.78 is 0. The van der Waals surface area contributed by atoms with E-state index >= 15 is 0 Å². The first kappa shape index (κ1) is 9.93. The molecule has 1 saturated heterocycles. The molecule has 0 saturated carbocycles. The second kappa shape index (κ2) is 4.75. The average molecular weight is 211 g/mol. The molecule has 2 heterocycles. The van der Waals surface area contributed by atoms with Gasteiger partial charge in [0, 0.05) is 18.0 Å². The first-order valence-corrected chi connectivity index (χ1v) is 6.12. The smallest absolute Gasteiger partial charge is 0.182 e. The van der Waals surface area contributed by atoms with Gasteiger partial charge in [-0.25, -0.2) is 4.98 Å². The number of anilines is 1. The Hall–Kier alpha value is -0.610. The van der Waals surface area contributed by atoms with Crippen LogP contribution in [0.25, 0.3) is 0 Å².